The van der Waals surface area contributed by atoms with Gasteiger partial charge < -0.3 is 4.90 Å². The normalized spacial score (nSPS) is 14.9. The van der Waals surface area contributed by atoms with Crippen molar-refractivity contribution in [1.82, 2.24) is 5.48 Å². The van der Waals surface area contributed by atoms with Crippen LogP contribution >= 0.6 is 23.1 Å². The van der Waals surface area contributed by atoms with E-state index in [2.05, 4.69) is 78.0 Å². The predicted octanol–water partition coefficient (Wildman–Crippen LogP) is 8.54. The molecule has 5 aromatic rings. The summed E-state index contributed by atoms with van der Waals surface area (Å²) in [6.45, 7) is 4.76. The van der Waals surface area contributed by atoms with E-state index in [0.29, 0.717) is 32.4 Å². The summed E-state index contributed by atoms with van der Waals surface area (Å²) in [5.41, 5.74) is 5.70. The number of nitrogens with one attached hydrogen (secondary N) is 1. The van der Waals surface area contributed by atoms with Gasteiger partial charge in [0, 0.05) is 38.3 Å². The molecule has 1 aromatic heterocycles. The molecule has 0 saturated heterocycles. The number of thiophene rings is 1. The molecule has 8 nitrogen and oxygen atoms in total. The van der Waals surface area contributed by atoms with Crippen LogP contribution in [0.3, 0.4) is 0 Å². The lowest BCUT2D eigenvalue weighted by atomic mass is 9.99. The Labute approximate surface area is 290 Å². The molecule has 0 atom stereocenters. The van der Waals surface area contributed by atoms with Crippen LogP contribution in [0.25, 0.3) is 37.7 Å². The molecule has 0 amide bonds. The third-order valence-corrected chi connectivity index (χ3v) is 12.5. The number of benzene rings is 4. The second-order valence-electron chi connectivity index (χ2n) is 11.6. The lowest BCUT2D eigenvalue weighted by Crippen LogP contribution is -2.25. The molecule has 1 aliphatic rings. The number of hydrogen-bond donors (Lipinski definition) is 2. The van der Waals surface area contributed by atoms with Gasteiger partial charge >= 0.3 is 0 Å². The van der Waals surface area contributed by atoms with Crippen molar-refractivity contribution in [3.63, 3.8) is 0 Å². The van der Waals surface area contributed by atoms with Gasteiger partial charge in [-0.1, -0.05) is 86.3 Å². The number of thioether (sulfide) groups is 1. The van der Waals surface area contributed by atoms with E-state index in [0.717, 1.165) is 69.7 Å². The number of aryl methyl sites for hydroxylation is 1. The standard InChI is InChI=1S/C36H38N2O6S4/c1-3-25(23-33-30(15-9-21-47(39,40)41)35-28-13-7-5-11-26(28)16-18-31(35)45-33)24-34-38(20-10-22-48(42,43)44-37-4-2)36-29-14-8-6-12-27(29)17-19-32(36)46-34/h5-8,11-14,16-19,23-24,37H,3-4,9-10,15,20-22H2,1-2H3,(H,39,40,41)/b25-23-,34-24+. The summed E-state index contributed by atoms with van der Waals surface area (Å²) in [4.78, 5) is 4.40. The minimum absolute atomic E-state index is 0.117. The van der Waals surface area contributed by atoms with Crippen LogP contribution in [0.15, 0.2) is 94.4 Å². The zero-order chi connectivity index (χ0) is 33.9. The van der Waals surface area contributed by atoms with E-state index in [1.54, 1.807) is 30.0 Å². The molecule has 0 bridgehead atoms. The van der Waals surface area contributed by atoms with Crippen LogP contribution in [0.2, 0.25) is 0 Å². The molecular formula is C36H38N2O6S4. The summed E-state index contributed by atoms with van der Waals surface area (Å²) in [6, 6.07) is 24.9. The SMILES string of the molecule is CCNOS(=O)(=O)CCCN1/C(=C\C(=C/c2sc3ccc4ccccc4c3c2CCCS(=O)(=O)O)CC)Sc2ccc3ccccc3c21. The van der Waals surface area contributed by atoms with E-state index in [4.69, 9.17) is 4.28 Å². The maximum absolute atomic E-state index is 12.5. The Morgan fingerprint density at radius 3 is 2.33 bits per heavy atom. The summed E-state index contributed by atoms with van der Waals surface area (Å²) >= 11 is 3.36. The van der Waals surface area contributed by atoms with Gasteiger partial charge in [-0.15, -0.1) is 11.3 Å². The van der Waals surface area contributed by atoms with E-state index in [-0.39, 0.29) is 11.5 Å². The van der Waals surface area contributed by atoms with Crippen LogP contribution in [0.1, 0.15) is 43.6 Å². The molecule has 1 aliphatic heterocycles. The number of hydroxylamine groups is 1. The molecule has 252 valence electrons. The maximum Gasteiger partial charge on any atom is 0.283 e. The highest BCUT2D eigenvalue weighted by Crippen LogP contribution is 2.50. The van der Waals surface area contributed by atoms with Crippen molar-refractivity contribution < 1.29 is 25.7 Å². The molecule has 48 heavy (non-hydrogen) atoms. The molecule has 0 aliphatic carbocycles. The fraction of sp³-hybridized carbons (Fsp3) is 0.278. The quantitative estimate of drug-likeness (QED) is 0.0860. The van der Waals surface area contributed by atoms with Crippen LogP contribution in [-0.4, -0.2) is 46.0 Å². The molecule has 4 aromatic carbocycles. The molecule has 2 N–H and O–H groups in total. The van der Waals surface area contributed by atoms with Gasteiger partial charge in [0.2, 0.25) is 0 Å². The Balaban J connectivity index is 1.40. The first-order chi connectivity index (χ1) is 23.1. The molecule has 2 heterocycles. The topological polar surface area (TPSA) is 113 Å². The molecule has 0 unspecified atom stereocenters. The van der Waals surface area contributed by atoms with Crippen molar-refractivity contribution in [1.29, 1.82) is 0 Å². The minimum Gasteiger partial charge on any atom is -0.334 e. The Morgan fingerprint density at radius 2 is 1.60 bits per heavy atom. The largest absolute Gasteiger partial charge is 0.334 e. The highest BCUT2D eigenvalue weighted by Gasteiger charge is 2.28. The predicted molar refractivity (Wildman–Crippen MR) is 201 cm³/mol. The van der Waals surface area contributed by atoms with E-state index in [1.807, 2.05) is 24.3 Å². The van der Waals surface area contributed by atoms with Crippen molar-refractivity contribution in [2.45, 2.75) is 44.4 Å². The zero-order valence-electron chi connectivity index (χ0n) is 26.8. The van der Waals surface area contributed by atoms with Crippen molar-refractivity contribution in [3.8, 4) is 0 Å². The number of rotatable bonds is 14. The first kappa shape index (κ1) is 34.6. The number of fused-ring (bicyclic) bond motifs is 6. The van der Waals surface area contributed by atoms with Gasteiger partial charge in [0.1, 0.15) is 0 Å². The zero-order valence-corrected chi connectivity index (χ0v) is 30.1. The van der Waals surface area contributed by atoms with Crippen LogP contribution < -0.4 is 10.4 Å². The van der Waals surface area contributed by atoms with Crippen molar-refractivity contribution in [2.24, 2.45) is 0 Å². The van der Waals surface area contributed by atoms with E-state index in [9.17, 15) is 21.4 Å². The molecule has 0 radical (unpaired) electrons. The van der Waals surface area contributed by atoms with E-state index >= 15 is 0 Å². The molecule has 12 heteroatoms. The second kappa shape index (κ2) is 14.7. The summed E-state index contributed by atoms with van der Waals surface area (Å²) in [5.74, 6) is -0.413. The Hall–Kier alpha value is -3.23. The minimum atomic E-state index is -4.08. The first-order valence-corrected chi connectivity index (χ1v) is 20.8. The average molecular weight is 723 g/mol. The fourth-order valence-corrected chi connectivity index (χ4v) is 9.91. The smallest absolute Gasteiger partial charge is 0.283 e. The van der Waals surface area contributed by atoms with E-state index in [1.165, 1.54) is 0 Å². The van der Waals surface area contributed by atoms with Gasteiger partial charge in [-0.2, -0.15) is 26.6 Å². The maximum atomic E-state index is 12.5. The molecule has 0 spiro atoms. The fourth-order valence-electron chi connectivity index (χ4n) is 6.11. The van der Waals surface area contributed by atoms with Crippen LogP contribution in [0, 0.1) is 0 Å². The van der Waals surface area contributed by atoms with E-state index < -0.39 is 20.2 Å². The van der Waals surface area contributed by atoms with Gasteiger partial charge in [-0.3, -0.25) is 4.55 Å². The summed E-state index contributed by atoms with van der Waals surface area (Å²) in [7, 11) is -7.80. The lowest BCUT2D eigenvalue weighted by Gasteiger charge is -2.22. The molecule has 0 fully saturated rings. The van der Waals surface area contributed by atoms with Crippen molar-refractivity contribution in [3.05, 3.63) is 99.9 Å². The lowest BCUT2D eigenvalue weighted by molar-refractivity contribution is 0.210. The van der Waals surface area contributed by atoms with Crippen LogP contribution in [0.4, 0.5) is 5.69 Å². The average Bonchev–Trinajstić information content (AvgIpc) is 3.60. The highest BCUT2D eigenvalue weighted by atomic mass is 32.2. The van der Waals surface area contributed by atoms with Gasteiger partial charge in [-0.25, -0.2) is 0 Å². The van der Waals surface area contributed by atoms with Gasteiger partial charge in [0.05, 0.1) is 22.2 Å². The van der Waals surface area contributed by atoms with Gasteiger partial charge in [-0.05, 0) is 77.3 Å². The van der Waals surface area contributed by atoms with Crippen LogP contribution in [0.5, 0.6) is 0 Å². The number of allylic oxidation sites excluding steroid dienone is 2. The third kappa shape index (κ3) is 7.81. The van der Waals surface area contributed by atoms with Gasteiger partial charge in [0.25, 0.3) is 20.2 Å². The molecule has 0 saturated carbocycles. The Morgan fingerprint density at radius 1 is 0.896 bits per heavy atom. The molecule has 6 rings (SSSR count). The second-order valence-corrected chi connectivity index (χ2v) is 17.0. The van der Waals surface area contributed by atoms with Crippen molar-refractivity contribution in [2.75, 3.05) is 29.5 Å². The highest BCUT2D eigenvalue weighted by molar-refractivity contribution is 8.03. The number of hydrogen-bond acceptors (Lipinski definition) is 9. The number of nitrogens with zero attached hydrogens (tertiary/aromatic N) is 1. The summed E-state index contributed by atoms with van der Waals surface area (Å²) in [6.07, 6.45) is 6.33. The molecular weight excluding hydrogens is 685 g/mol. The number of anilines is 1. The Kier molecular flexibility index (Phi) is 10.6. The summed E-state index contributed by atoms with van der Waals surface area (Å²) in [5, 5.41) is 6.60. The Bertz CT molecular complexity index is 2260. The first-order valence-electron chi connectivity index (χ1n) is 16.0. The van der Waals surface area contributed by atoms with Gasteiger partial charge in [0.15, 0.2) is 0 Å². The van der Waals surface area contributed by atoms with Crippen molar-refractivity contribution >= 4 is 86.7 Å². The summed E-state index contributed by atoms with van der Waals surface area (Å²) < 4.78 is 63.6. The van der Waals surface area contributed by atoms with Crippen LogP contribution in [-0.2, 0) is 30.9 Å². The third-order valence-electron chi connectivity index (χ3n) is 8.29. The monoisotopic (exact) mass is 722 g/mol.